The summed E-state index contributed by atoms with van der Waals surface area (Å²) in [7, 11) is 0. The van der Waals surface area contributed by atoms with Crippen molar-refractivity contribution in [1.82, 2.24) is 4.90 Å². The number of hydrogen-bond donors (Lipinski definition) is 1. The third-order valence-corrected chi connectivity index (χ3v) is 4.68. The van der Waals surface area contributed by atoms with Crippen LogP contribution >= 0.6 is 24.8 Å². The Morgan fingerprint density at radius 2 is 1.62 bits per heavy atom. The summed E-state index contributed by atoms with van der Waals surface area (Å²) in [4.78, 5) is 7.20. The molecule has 5 heteroatoms. The fourth-order valence-corrected chi connectivity index (χ4v) is 3.50. The summed E-state index contributed by atoms with van der Waals surface area (Å²) in [5, 5.41) is 0. The first-order valence-electron chi connectivity index (χ1n) is 8.96. The maximum absolute atomic E-state index is 5.79. The van der Waals surface area contributed by atoms with Gasteiger partial charge in [-0.1, -0.05) is 60.7 Å². The van der Waals surface area contributed by atoms with E-state index in [0.717, 1.165) is 32.5 Å². The van der Waals surface area contributed by atoms with Crippen LogP contribution in [0, 0.1) is 0 Å². The van der Waals surface area contributed by atoms with Crippen molar-refractivity contribution in [2.24, 2.45) is 10.7 Å². The van der Waals surface area contributed by atoms with E-state index in [-0.39, 0.29) is 24.8 Å². The van der Waals surface area contributed by atoms with Crippen molar-refractivity contribution in [1.29, 1.82) is 0 Å². The predicted molar refractivity (Wildman–Crippen MR) is 116 cm³/mol. The van der Waals surface area contributed by atoms with E-state index in [1.54, 1.807) is 0 Å². The van der Waals surface area contributed by atoms with E-state index in [1.807, 2.05) is 0 Å². The first kappa shape index (κ1) is 22.5. The second-order valence-corrected chi connectivity index (χ2v) is 6.36. The Labute approximate surface area is 169 Å². The molecule has 3 rings (SSSR count). The Morgan fingerprint density at radius 3 is 2.27 bits per heavy atom. The molecule has 0 amide bonds. The van der Waals surface area contributed by atoms with Gasteiger partial charge in [-0.05, 0) is 30.4 Å². The molecule has 1 atom stereocenters. The van der Waals surface area contributed by atoms with Gasteiger partial charge in [0.25, 0.3) is 0 Å². The molecule has 2 N–H and O–H groups in total. The molecule has 26 heavy (non-hydrogen) atoms. The minimum atomic E-state index is 0. The third kappa shape index (κ3) is 6.01. The maximum atomic E-state index is 5.79. The van der Waals surface area contributed by atoms with Gasteiger partial charge in [0.1, 0.15) is 5.84 Å². The number of benzene rings is 2. The van der Waals surface area contributed by atoms with Crippen LogP contribution in [0.5, 0.6) is 0 Å². The molecule has 0 bridgehead atoms. The van der Waals surface area contributed by atoms with E-state index in [2.05, 4.69) is 65.6 Å². The molecule has 1 aliphatic heterocycles. The standard InChI is InChI=1S/C21H27N3.2ClH/c22-14-16-24-17-15-23-21(24)20(19-11-5-2-6-12-19)13-7-10-18-8-3-1-4-9-18;;/h1-6,8-9,11-12,20H,7,10,13-17,22H2;2*1H. The van der Waals surface area contributed by atoms with E-state index < -0.39 is 0 Å². The zero-order chi connectivity index (χ0) is 16.6. The molecule has 1 unspecified atom stereocenters. The lowest BCUT2D eigenvalue weighted by Crippen LogP contribution is -2.36. The molecular weight excluding hydrogens is 365 g/mol. The highest BCUT2D eigenvalue weighted by Crippen LogP contribution is 2.27. The Morgan fingerprint density at radius 1 is 0.962 bits per heavy atom. The second-order valence-electron chi connectivity index (χ2n) is 6.36. The average Bonchev–Trinajstić information content (AvgIpc) is 3.09. The fraction of sp³-hybridized carbons (Fsp3) is 0.381. The van der Waals surface area contributed by atoms with E-state index in [9.17, 15) is 0 Å². The summed E-state index contributed by atoms with van der Waals surface area (Å²) in [6.45, 7) is 3.50. The van der Waals surface area contributed by atoms with E-state index in [4.69, 9.17) is 10.7 Å². The van der Waals surface area contributed by atoms with Gasteiger partial charge in [-0.15, -0.1) is 24.8 Å². The van der Waals surface area contributed by atoms with Crippen LogP contribution in [0.4, 0.5) is 0 Å². The number of aliphatic imine (C=N–C) groups is 1. The Kier molecular flexibility index (Phi) is 10.3. The van der Waals surface area contributed by atoms with Crippen LogP contribution in [0.2, 0.25) is 0 Å². The van der Waals surface area contributed by atoms with Crippen molar-refractivity contribution in [3.05, 3.63) is 71.8 Å². The summed E-state index contributed by atoms with van der Waals surface area (Å²) < 4.78 is 0. The summed E-state index contributed by atoms with van der Waals surface area (Å²) >= 11 is 0. The van der Waals surface area contributed by atoms with E-state index >= 15 is 0 Å². The lowest BCUT2D eigenvalue weighted by atomic mass is 9.91. The first-order valence-corrected chi connectivity index (χ1v) is 8.96. The van der Waals surface area contributed by atoms with Crippen LogP contribution in [0.15, 0.2) is 65.7 Å². The van der Waals surface area contributed by atoms with Crippen molar-refractivity contribution in [2.75, 3.05) is 26.2 Å². The number of nitrogens with zero attached hydrogens (tertiary/aromatic N) is 2. The highest BCUT2D eigenvalue weighted by Gasteiger charge is 2.25. The SMILES string of the molecule is Cl.Cl.NCCN1CCN=C1C(CCCc1ccccc1)c1ccccc1. The van der Waals surface area contributed by atoms with Crippen molar-refractivity contribution in [3.8, 4) is 0 Å². The Balaban J connectivity index is 0.00000169. The van der Waals surface area contributed by atoms with Crippen LogP contribution in [0.1, 0.15) is 29.9 Å². The van der Waals surface area contributed by atoms with Crippen molar-refractivity contribution >= 4 is 30.6 Å². The van der Waals surface area contributed by atoms with Crippen molar-refractivity contribution < 1.29 is 0 Å². The quantitative estimate of drug-likeness (QED) is 0.725. The van der Waals surface area contributed by atoms with Gasteiger partial charge in [0.15, 0.2) is 0 Å². The van der Waals surface area contributed by atoms with E-state index in [1.165, 1.54) is 23.4 Å². The molecule has 2 aromatic rings. The fourth-order valence-electron chi connectivity index (χ4n) is 3.50. The smallest absolute Gasteiger partial charge is 0.107 e. The molecule has 3 nitrogen and oxygen atoms in total. The van der Waals surface area contributed by atoms with Gasteiger partial charge in [0.2, 0.25) is 0 Å². The molecule has 0 radical (unpaired) electrons. The minimum absolute atomic E-state index is 0. The van der Waals surface area contributed by atoms with E-state index in [0.29, 0.717) is 12.5 Å². The molecule has 0 spiro atoms. The lowest BCUT2D eigenvalue weighted by Gasteiger charge is -2.26. The third-order valence-electron chi connectivity index (χ3n) is 4.68. The lowest BCUT2D eigenvalue weighted by molar-refractivity contribution is 0.448. The molecule has 142 valence electrons. The van der Waals surface area contributed by atoms with Crippen LogP contribution in [0.3, 0.4) is 0 Å². The molecule has 0 aliphatic carbocycles. The van der Waals surface area contributed by atoms with Gasteiger partial charge in [0.05, 0.1) is 6.54 Å². The molecular formula is C21H29Cl2N3. The monoisotopic (exact) mass is 393 g/mol. The highest BCUT2D eigenvalue weighted by molar-refractivity contribution is 5.90. The zero-order valence-corrected chi connectivity index (χ0v) is 16.7. The number of amidine groups is 1. The van der Waals surface area contributed by atoms with Gasteiger partial charge in [-0.2, -0.15) is 0 Å². The number of rotatable bonds is 8. The number of nitrogens with two attached hydrogens (primary N) is 1. The number of aryl methyl sites for hydroxylation is 1. The summed E-state index contributed by atoms with van der Waals surface area (Å²) in [6, 6.07) is 21.5. The molecule has 1 heterocycles. The molecule has 1 aliphatic rings. The highest BCUT2D eigenvalue weighted by atomic mass is 35.5. The predicted octanol–water partition coefficient (Wildman–Crippen LogP) is 4.31. The van der Waals surface area contributed by atoms with Gasteiger partial charge in [-0.25, -0.2) is 0 Å². The topological polar surface area (TPSA) is 41.6 Å². The Bertz CT molecular complexity index is 647. The summed E-state index contributed by atoms with van der Waals surface area (Å²) in [5.41, 5.74) is 8.57. The average molecular weight is 394 g/mol. The first-order chi connectivity index (χ1) is 11.9. The van der Waals surface area contributed by atoms with Gasteiger partial charge < -0.3 is 10.6 Å². The van der Waals surface area contributed by atoms with Gasteiger partial charge in [0, 0.05) is 25.6 Å². The summed E-state index contributed by atoms with van der Waals surface area (Å²) in [6.07, 6.45) is 3.41. The number of halogens is 2. The molecule has 0 fully saturated rings. The largest absolute Gasteiger partial charge is 0.357 e. The molecule has 0 aromatic heterocycles. The Hall–Kier alpha value is -1.55. The van der Waals surface area contributed by atoms with Crippen molar-refractivity contribution in [2.45, 2.75) is 25.2 Å². The van der Waals surface area contributed by atoms with Crippen LogP contribution in [-0.4, -0.2) is 36.9 Å². The zero-order valence-electron chi connectivity index (χ0n) is 15.1. The molecule has 0 saturated carbocycles. The normalized spacial score (nSPS) is 14.2. The summed E-state index contributed by atoms with van der Waals surface area (Å²) in [5.74, 6) is 1.61. The van der Waals surface area contributed by atoms with Gasteiger partial charge >= 0.3 is 0 Å². The number of hydrogen-bond acceptors (Lipinski definition) is 3. The second kappa shape index (κ2) is 11.9. The molecule has 0 saturated heterocycles. The van der Waals surface area contributed by atoms with Crippen molar-refractivity contribution in [3.63, 3.8) is 0 Å². The van der Waals surface area contributed by atoms with Crippen LogP contribution < -0.4 is 5.73 Å². The van der Waals surface area contributed by atoms with Crippen LogP contribution in [-0.2, 0) is 6.42 Å². The maximum Gasteiger partial charge on any atom is 0.107 e. The van der Waals surface area contributed by atoms with Crippen LogP contribution in [0.25, 0.3) is 0 Å². The molecule has 2 aromatic carbocycles. The minimum Gasteiger partial charge on any atom is -0.357 e. The van der Waals surface area contributed by atoms with Gasteiger partial charge in [-0.3, -0.25) is 4.99 Å².